The molecule has 0 aliphatic carbocycles. The summed E-state index contributed by atoms with van der Waals surface area (Å²) in [5, 5.41) is 0.522. The van der Waals surface area contributed by atoms with Crippen LogP contribution in [0.2, 0.25) is 5.15 Å². The van der Waals surface area contributed by atoms with E-state index >= 15 is 0 Å². The molecule has 0 saturated carbocycles. The highest BCUT2D eigenvalue weighted by Crippen LogP contribution is 2.18. The number of halogens is 1. The van der Waals surface area contributed by atoms with Gasteiger partial charge in [0.05, 0.1) is 11.4 Å². The molecule has 2 N–H and O–H groups in total. The molecule has 0 aromatic carbocycles. The predicted molar refractivity (Wildman–Crippen MR) is 47.8 cm³/mol. The minimum absolute atomic E-state index is 0.522. The molecule has 0 unspecified atom stereocenters. The molecule has 0 fully saturated rings. The molecule has 11 heavy (non-hydrogen) atoms. The maximum Gasteiger partial charge on any atom is 0.129 e. The number of aromatic nitrogens is 1. The summed E-state index contributed by atoms with van der Waals surface area (Å²) < 4.78 is 0. The molecule has 3 heteroatoms. The summed E-state index contributed by atoms with van der Waals surface area (Å²) in [6.07, 6.45) is 0.827. The van der Waals surface area contributed by atoms with Crippen LogP contribution in [0.15, 0.2) is 6.07 Å². The normalized spacial score (nSPS) is 10.1. The molecule has 0 aliphatic heterocycles. The third-order valence-corrected chi connectivity index (χ3v) is 1.84. The molecule has 0 atom stereocenters. The molecule has 0 amide bonds. The smallest absolute Gasteiger partial charge is 0.129 e. The van der Waals surface area contributed by atoms with Crippen LogP contribution in [0.3, 0.4) is 0 Å². The standard InChI is InChI=1S/C8H11ClN2/c1-3-6-8(10)5(2)4-7(9)11-6/h4H,3,10H2,1-2H3. The zero-order valence-electron chi connectivity index (χ0n) is 6.69. The van der Waals surface area contributed by atoms with Crippen molar-refractivity contribution in [2.45, 2.75) is 20.3 Å². The first-order valence-corrected chi connectivity index (χ1v) is 3.94. The van der Waals surface area contributed by atoms with Crippen LogP contribution in [-0.2, 0) is 6.42 Å². The fourth-order valence-electron chi connectivity index (χ4n) is 0.975. The Bertz CT molecular complexity index is 271. The number of anilines is 1. The zero-order chi connectivity index (χ0) is 8.43. The molecule has 60 valence electrons. The third-order valence-electron chi connectivity index (χ3n) is 1.65. The average molecular weight is 171 g/mol. The van der Waals surface area contributed by atoms with E-state index in [0.717, 1.165) is 23.4 Å². The number of nitrogen functional groups attached to an aromatic ring is 1. The molecule has 1 aromatic heterocycles. The molecular formula is C8H11ClN2. The first-order valence-electron chi connectivity index (χ1n) is 3.56. The van der Waals surface area contributed by atoms with Crippen molar-refractivity contribution in [3.8, 4) is 0 Å². The van der Waals surface area contributed by atoms with Crippen molar-refractivity contribution in [1.29, 1.82) is 0 Å². The van der Waals surface area contributed by atoms with E-state index in [0.29, 0.717) is 5.15 Å². The SMILES string of the molecule is CCc1nc(Cl)cc(C)c1N. The maximum atomic E-state index is 5.74. The van der Waals surface area contributed by atoms with E-state index in [1.165, 1.54) is 0 Å². The van der Waals surface area contributed by atoms with Gasteiger partial charge in [-0.25, -0.2) is 4.98 Å². The Morgan fingerprint density at radius 1 is 1.64 bits per heavy atom. The van der Waals surface area contributed by atoms with Gasteiger partial charge in [-0.2, -0.15) is 0 Å². The van der Waals surface area contributed by atoms with Gasteiger partial charge >= 0.3 is 0 Å². The van der Waals surface area contributed by atoms with Crippen LogP contribution in [0.4, 0.5) is 5.69 Å². The van der Waals surface area contributed by atoms with E-state index in [1.54, 1.807) is 6.07 Å². The summed E-state index contributed by atoms with van der Waals surface area (Å²) in [5.41, 5.74) is 8.39. The second-order valence-corrected chi connectivity index (χ2v) is 2.86. The van der Waals surface area contributed by atoms with Crippen molar-refractivity contribution >= 4 is 17.3 Å². The van der Waals surface area contributed by atoms with Gasteiger partial charge in [0, 0.05) is 0 Å². The Hall–Kier alpha value is -0.760. The van der Waals surface area contributed by atoms with E-state index in [2.05, 4.69) is 4.98 Å². The largest absolute Gasteiger partial charge is 0.397 e. The highest BCUT2D eigenvalue weighted by Gasteiger charge is 2.02. The van der Waals surface area contributed by atoms with Gasteiger partial charge in [-0.1, -0.05) is 18.5 Å². The van der Waals surface area contributed by atoms with E-state index in [9.17, 15) is 0 Å². The lowest BCUT2D eigenvalue weighted by atomic mass is 10.2. The van der Waals surface area contributed by atoms with Crippen LogP contribution in [0.1, 0.15) is 18.2 Å². The van der Waals surface area contributed by atoms with E-state index in [1.807, 2.05) is 13.8 Å². The molecule has 0 radical (unpaired) electrons. The maximum absolute atomic E-state index is 5.74. The van der Waals surface area contributed by atoms with Crippen molar-refractivity contribution in [3.63, 3.8) is 0 Å². The molecule has 0 bridgehead atoms. The summed E-state index contributed by atoms with van der Waals surface area (Å²) in [4.78, 5) is 4.09. The minimum Gasteiger partial charge on any atom is -0.397 e. The number of aryl methyl sites for hydroxylation is 2. The predicted octanol–water partition coefficient (Wildman–Crippen LogP) is 2.19. The minimum atomic E-state index is 0.522. The van der Waals surface area contributed by atoms with Gasteiger partial charge in [0.1, 0.15) is 5.15 Å². The lowest BCUT2D eigenvalue weighted by molar-refractivity contribution is 1.03. The fourth-order valence-corrected chi connectivity index (χ4v) is 1.24. The molecular weight excluding hydrogens is 160 g/mol. The number of nitrogens with two attached hydrogens (primary N) is 1. The van der Waals surface area contributed by atoms with Crippen molar-refractivity contribution in [2.24, 2.45) is 0 Å². The highest BCUT2D eigenvalue weighted by molar-refractivity contribution is 6.29. The van der Waals surface area contributed by atoms with E-state index < -0.39 is 0 Å². The lowest BCUT2D eigenvalue weighted by Crippen LogP contribution is -1.99. The number of pyridine rings is 1. The second kappa shape index (κ2) is 3.09. The molecule has 1 aromatic rings. The lowest BCUT2D eigenvalue weighted by Gasteiger charge is -2.05. The molecule has 1 heterocycles. The van der Waals surface area contributed by atoms with Gasteiger partial charge in [-0.15, -0.1) is 0 Å². The first kappa shape index (κ1) is 8.34. The van der Waals surface area contributed by atoms with Crippen molar-refractivity contribution in [1.82, 2.24) is 4.98 Å². The Morgan fingerprint density at radius 3 is 2.82 bits per heavy atom. The Balaban J connectivity index is 3.24. The molecule has 2 nitrogen and oxygen atoms in total. The van der Waals surface area contributed by atoms with Gasteiger partial charge in [0.2, 0.25) is 0 Å². The number of hydrogen-bond acceptors (Lipinski definition) is 2. The topological polar surface area (TPSA) is 38.9 Å². The summed E-state index contributed by atoms with van der Waals surface area (Å²) >= 11 is 5.73. The van der Waals surface area contributed by atoms with Crippen LogP contribution in [0.5, 0.6) is 0 Å². The molecule has 0 spiro atoms. The zero-order valence-corrected chi connectivity index (χ0v) is 7.44. The Morgan fingerprint density at radius 2 is 2.27 bits per heavy atom. The van der Waals surface area contributed by atoms with Crippen LogP contribution < -0.4 is 5.73 Å². The second-order valence-electron chi connectivity index (χ2n) is 2.48. The molecule has 0 saturated heterocycles. The highest BCUT2D eigenvalue weighted by atomic mass is 35.5. The third kappa shape index (κ3) is 1.63. The van der Waals surface area contributed by atoms with Crippen LogP contribution in [0, 0.1) is 6.92 Å². The molecule has 1 rings (SSSR count). The number of hydrogen-bond donors (Lipinski definition) is 1. The van der Waals surface area contributed by atoms with E-state index in [4.69, 9.17) is 17.3 Å². The summed E-state index contributed by atoms with van der Waals surface area (Å²) in [6, 6.07) is 1.77. The number of rotatable bonds is 1. The first-order chi connectivity index (χ1) is 5.15. The quantitative estimate of drug-likeness (QED) is 0.657. The average Bonchev–Trinajstić information content (AvgIpc) is 1.96. The Labute approximate surface area is 71.4 Å². The van der Waals surface area contributed by atoms with Crippen LogP contribution in [-0.4, -0.2) is 4.98 Å². The van der Waals surface area contributed by atoms with Gasteiger partial charge < -0.3 is 5.73 Å². The monoisotopic (exact) mass is 170 g/mol. The van der Waals surface area contributed by atoms with Crippen molar-refractivity contribution in [3.05, 3.63) is 22.5 Å². The summed E-state index contributed by atoms with van der Waals surface area (Å²) in [5.74, 6) is 0. The van der Waals surface area contributed by atoms with Crippen LogP contribution in [0.25, 0.3) is 0 Å². The van der Waals surface area contributed by atoms with Crippen molar-refractivity contribution in [2.75, 3.05) is 5.73 Å². The van der Waals surface area contributed by atoms with Gasteiger partial charge in [0.15, 0.2) is 0 Å². The number of nitrogens with zero attached hydrogens (tertiary/aromatic N) is 1. The summed E-state index contributed by atoms with van der Waals surface area (Å²) in [6.45, 7) is 3.94. The van der Waals surface area contributed by atoms with Gasteiger partial charge in [0.25, 0.3) is 0 Å². The molecule has 0 aliphatic rings. The van der Waals surface area contributed by atoms with Crippen LogP contribution >= 0.6 is 11.6 Å². The van der Waals surface area contributed by atoms with Gasteiger partial charge in [-0.05, 0) is 25.0 Å². The van der Waals surface area contributed by atoms with Crippen molar-refractivity contribution < 1.29 is 0 Å². The fraction of sp³-hybridized carbons (Fsp3) is 0.375. The van der Waals surface area contributed by atoms with Gasteiger partial charge in [-0.3, -0.25) is 0 Å². The summed E-state index contributed by atoms with van der Waals surface area (Å²) in [7, 11) is 0. The van der Waals surface area contributed by atoms with E-state index in [-0.39, 0.29) is 0 Å². The Kier molecular flexibility index (Phi) is 2.35.